The number of aromatic nitrogens is 1. The highest BCUT2D eigenvalue weighted by molar-refractivity contribution is 6.01. The van der Waals surface area contributed by atoms with Gasteiger partial charge in [0.15, 0.2) is 0 Å². The standard InChI is InChI=1S/C27H33N3O3/c1-3-9-19(4-2)25-22-11-10-20-16-23(22)30(26(25)21-12-15-33-18-21)17-24(31)28-13-7-5-6-8-14-29-27(20)32/h5-6,10-12,15-16,18-19H,3-4,7-9,13-14,17H2,1-2H3,(H,28,31)(H,29,32)/b6-5-. The van der Waals surface area contributed by atoms with Gasteiger partial charge in [-0.3, -0.25) is 9.59 Å². The van der Waals surface area contributed by atoms with Gasteiger partial charge in [0.25, 0.3) is 5.91 Å². The van der Waals surface area contributed by atoms with Crippen LogP contribution in [0.3, 0.4) is 0 Å². The lowest BCUT2D eigenvalue weighted by Gasteiger charge is -2.17. The van der Waals surface area contributed by atoms with Crippen molar-refractivity contribution in [3.05, 3.63) is 60.1 Å². The predicted octanol–water partition coefficient (Wildman–Crippen LogP) is 5.39. The van der Waals surface area contributed by atoms with Gasteiger partial charge in [-0.05, 0) is 55.4 Å². The lowest BCUT2D eigenvalue weighted by atomic mass is 9.88. The van der Waals surface area contributed by atoms with Crippen molar-refractivity contribution in [3.8, 4) is 11.3 Å². The lowest BCUT2D eigenvalue weighted by Crippen LogP contribution is -2.28. The number of nitrogens with zero attached hydrogens (tertiary/aromatic N) is 1. The topological polar surface area (TPSA) is 76.3 Å². The summed E-state index contributed by atoms with van der Waals surface area (Å²) < 4.78 is 7.51. The number of fused-ring (bicyclic) bond motifs is 1. The van der Waals surface area contributed by atoms with Crippen molar-refractivity contribution in [2.75, 3.05) is 13.1 Å². The second-order valence-corrected chi connectivity index (χ2v) is 8.64. The molecule has 1 aromatic carbocycles. The van der Waals surface area contributed by atoms with Crippen molar-refractivity contribution in [2.24, 2.45) is 0 Å². The number of carbonyl (C=O) groups is 2. The number of amides is 2. The first kappa shape index (κ1) is 22.9. The third-order valence-corrected chi connectivity index (χ3v) is 6.40. The molecule has 3 heterocycles. The van der Waals surface area contributed by atoms with Gasteiger partial charge in [-0.1, -0.05) is 38.5 Å². The summed E-state index contributed by atoms with van der Waals surface area (Å²) in [6.07, 6.45) is 12.2. The summed E-state index contributed by atoms with van der Waals surface area (Å²) in [4.78, 5) is 25.8. The van der Waals surface area contributed by atoms with Crippen molar-refractivity contribution in [3.63, 3.8) is 0 Å². The molecule has 1 unspecified atom stereocenters. The Morgan fingerprint density at radius 3 is 2.52 bits per heavy atom. The number of hydrogen-bond acceptors (Lipinski definition) is 3. The minimum atomic E-state index is -0.0932. The van der Waals surface area contributed by atoms with Gasteiger partial charge in [0.1, 0.15) is 6.54 Å². The highest BCUT2D eigenvalue weighted by Gasteiger charge is 2.26. The van der Waals surface area contributed by atoms with Gasteiger partial charge < -0.3 is 19.6 Å². The van der Waals surface area contributed by atoms with Crippen LogP contribution >= 0.6 is 0 Å². The van der Waals surface area contributed by atoms with Crippen LogP contribution in [-0.4, -0.2) is 29.5 Å². The minimum absolute atomic E-state index is 0.0372. The highest BCUT2D eigenvalue weighted by Crippen LogP contribution is 2.42. The average molecular weight is 448 g/mol. The van der Waals surface area contributed by atoms with Gasteiger partial charge in [0.2, 0.25) is 5.91 Å². The molecule has 0 saturated heterocycles. The molecule has 1 atom stereocenters. The van der Waals surface area contributed by atoms with Crippen molar-refractivity contribution in [1.29, 1.82) is 0 Å². The molecule has 0 radical (unpaired) electrons. The number of nitrogens with one attached hydrogen (secondary N) is 2. The molecule has 2 aromatic heterocycles. The lowest BCUT2D eigenvalue weighted by molar-refractivity contribution is -0.121. The van der Waals surface area contributed by atoms with Crippen molar-refractivity contribution < 1.29 is 14.0 Å². The van der Waals surface area contributed by atoms with E-state index < -0.39 is 0 Å². The Balaban J connectivity index is 1.94. The highest BCUT2D eigenvalue weighted by atomic mass is 16.3. The van der Waals surface area contributed by atoms with E-state index in [4.69, 9.17) is 4.42 Å². The Labute approximate surface area is 195 Å². The summed E-state index contributed by atoms with van der Waals surface area (Å²) >= 11 is 0. The summed E-state index contributed by atoms with van der Waals surface area (Å²) in [5.74, 6) is 0.219. The molecule has 4 rings (SSSR count). The molecule has 2 amide bonds. The van der Waals surface area contributed by atoms with E-state index >= 15 is 0 Å². The van der Waals surface area contributed by atoms with Gasteiger partial charge in [-0.15, -0.1) is 0 Å². The fraction of sp³-hybridized carbons (Fsp3) is 0.407. The molecule has 0 aliphatic carbocycles. The zero-order valence-electron chi connectivity index (χ0n) is 19.5. The predicted molar refractivity (Wildman–Crippen MR) is 131 cm³/mol. The molecule has 3 aromatic rings. The molecule has 174 valence electrons. The van der Waals surface area contributed by atoms with Crippen LogP contribution in [0, 0.1) is 0 Å². The quantitative estimate of drug-likeness (QED) is 0.515. The number of hydrogen-bond donors (Lipinski definition) is 2. The SMILES string of the molecule is CCCC(CC)c1c(-c2ccoc2)n2c3cc(ccc13)C(=O)NCC/C=C\CCNC(=O)C2. The van der Waals surface area contributed by atoms with E-state index in [0.717, 1.165) is 54.3 Å². The number of carbonyl (C=O) groups excluding carboxylic acids is 2. The summed E-state index contributed by atoms with van der Waals surface area (Å²) in [6, 6.07) is 7.83. The molecular weight excluding hydrogens is 414 g/mol. The van der Waals surface area contributed by atoms with Gasteiger partial charge in [-0.2, -0.15) is 0 Å². The maximum absolute atomic E-state index is 13.0. The molecule has 0 fully saturated rings. The Kier molecular flexibility index (Phi) is 7.33. The monoisotopic (exact) mass is 447 g/mol. The first-order chi connectivity index (χ1) is 16.1. The van der Waals surface area contributed by atoms with E-state index in [1.54, 1.807) is 12.5 Å². The first-order valence-electron chi connectivity index (χ1n) is 12.0. The Morgan fingerprint density at radius 2 is 1.82 bits per heavy atom. The smallest absolute Gasteiger partial charge is 0.251 e. The van der Waals surface area contributed by atoms with Crippen molar-refractivity contribution in [2.45, 2.75) is 58.4 Å². The first-order valence-corrected chi connectivity index (χ1v) is 12.0. The van der Waals surface area contributed by atoms with E-state index in [0.29, 0.717) is 24.6 Å². The zero-order valence-corrected chi connectivity index (χ0v) is 19.5. The van der Waals surface area contributed by atoms with Crippen LogP contribution in [-0.2, 0) is 11.3 Å². The largest absolute Gasteiger partial charge is 0.472 e. The van der Waals surface area contributed by atoms with Gasteiger partial charge in [0.05, 0.1) is 23.7 Å². The fourth-order valence-electron chi connectivity index (χ4n) is 4.81. The molecule has 0 spiro atoms. The molecule has 2 N–H and O–H groups in total. The summed E-state index contributed by atoms with van der Waals surface area (Å²) in [7, 11) is 0. The van der Waals surface area contributed by atoms with Gasteiger partial charge in [-0.25, -0.2) is 0 Å². The molecule has 2 bridgehead atoms. The molecule has 1 aliphatic rings. The van der Waals surface area contributed by atoms with Crippen LogP contribution in [0.15, 0.2) is 53.4 Å². The minimum Gasteiger partial charge on any atom is -0.472 e. The number of furan rings is 1. The van der Waals surface area contributed by atoms with Crippen LogP contribution in [0.25, 0.3) is 22.2 Å². The van der Waals surface area contributed by atoms with Crippen LogP contribution in [0.4, 0.5) is 0 Å². The number of rotatable bonds is 5. The third kappa shape index (κ3) is 4.90. The molecule has 1 aliphatic heterocycles. The van der Waals surface area contributed by atoms with Gasteiger partial charge >= 0.3 is 0 Å². The van der Waals surface area contributed by atoms with E-state index in [2.05, 4.69) is 29.0 Å². The Bertz CT molecular complexity index is 1140. The van der Waals surface area contributed by atoms with E-state index in [-0.39, 0.29) is 18.4 Å². The second-order valence-electron chi connectivity index (χ2n) is 8.64. The average Bonchev–Trinajstić information content (AvgIpc) is 3.45. The van der Waals surface area contributed by atoms with Crippen molar-refractivity contribution in [1.82, 2.24) is 15.2 Å². The van der Waals surface area contributed by atoms with E-state index in [1.807, 2.05) is 36.4 Å². The summed E-state index contributed by atoms with van der Waals surface area (Å²) in [6.45, 7) is 5.78. The molecular formula is C27H33N3O3. The van der Waals surface area contributed by atoms with Crippen molar-refractivity contribution >= 4 is 22.7 Å². The third-order valence-electron chi connectivity index (χ3n) is 6.40. The van der Waals surface area contributed by atoms with E-state index in [1.165, 1.54) is 5.56 Å². The van der Waals surface area contributed by atoms with Crippen LogP contribution in [0.5, 0.6) is 0 Å². The molecule has 0 saturated carbocycles. The Morgan fingerprint density at radius 1 is 1.03 bits per heavy atom. The van der Waals surface area contributed by atoms with Crippen LogP contribution in [0.2, 0.25) is 0 Å². The number of benzene rings is 1. The maximum atomic E-state index is 13.0. The molecule has 6 nitrogen and oxygen atoms in total. The maximum Gasteiger partial charge on any atom is 0.251 e. The molecule has 33 heavy (non-hydrogen) atoms. The van der Waals surface area contributed by atoms with Gasteiger partial charge in [0, 0.05) is 29.6 Å². The summed E-state index contributed by atoms with van der Waals surface area (Å²) in [5.41, 5.74) is 4.71. The van der Waals surface area contributed by atoms with Crippen LogP contribution in [0.1, 0.15) is 67.8 Å². The second kappa shape index (κ2) is 10.6. The normalized spacial score (nSPS) is 17.3. The molecule has 6 heteroatoms. The summed E-state index contributed by atoms with van der Waals surface area (Å²) in [5, 5.41) is 7.15. The zero-order chi connectivity index (χ0) is 23.2. The van der Waals surface area contributed by atoms with E-state index in [9.17, 15) is 9.59 Å². The Hall–Kier alpha value is -3.28. The van der Waals surface area contributed by atoms with Crippen LogP contribution < -0.4 is 10.6 Å². The fourth-order valence-corrected chi connectivity index (χ4v) is 4.81.